The summed E-state index contributed by atoms with van der Waals surface area (Å²) in [5.74, 6) is 0. The van der Waals surface area contributed by atoms with Gasteiger partial charge in [-0.15, -0.1) is 0 Å². The number of likely N-dealkylation sites (tertiary alicyclic amines) is 1. The zero-order valence-corrected chi connectivity index (χ0v) is 11.4. The lowest BCUT2D eigenvalue weighted by molar-refractivity contribution is 0.205. The number of rotatable bonds is 2. The highest BCUT2D eigenvalue weighted by atomic mass is 35.5. The fraction of sp³-hybridized carbons (Fsp3) is 0.583. The molecule has 2 rings (SSSR count). The minimum Gasteiger partial charge on any atom is -0.328 e. The average Bonchev–Trinajstić information content (AvgIpc) is 2.26. The molecule has 0 aliphatic carbocycles. The molecule has 3 nitrogen and oxygen atoms in total. The van der Waals surface area contributed by atoms with Gasteiger partial charge in [-0.1, -0.05) is 23.2 Å². The highest BCUT2D eigenvalue weighted by Crippen LogP contribution is 2.26. The molecule has 1 aromatic rings. The minimum absolute atomic E-state index is 0.341. The van der Waals surface area contributed by atoms with Crippen LogP contribution in [0.5, 0.6) is 0 Å². The molecule has 2 heterocycles. The van der Waals surface area contributed by atoms with E-state index in [1.807, 2.05) is 13.0 Å². The zero-order chi connectivity index (χ0) is 12.4. The quantitative estimate of drug-likeness (QED) is 0.843. The largest absolute Gasteiger partial charge is 0.328 e. The molecule has 1 fully saturated rings. The molecule has 0 bridgehead atoms. The lowest BCUT2D eigenvalue weighted by Crippen LogP contribution is -2.39. The summed E-state index contributed by atoms with van der Waals surface area (Å²) in [5.41, 5.74) is 7.66. The summed E-state index contributed by atoms with van der Waals surface area (Å²) in [6, 6.07) is 2.20. The van der Waals surface area contributed by atoms with Gasteiger partial charge in [-0.3, -0.25) is 4.90 Å². The first-order valence-corrected chi connectivity index (χ1v) is 6.61. The molecule has 1 aromatic heterocycles. The molecule has 17 heavy (non-hydrogen) atoms. The molecular weight excluding hydrogens is 257 g/mol. The second kappa shape index (κ2) is 5.53. The van der Waals surface area contributed by atoms with Gasteiger partial charge in [0.15, 0.2) is 0 Å². The Labute approximate surface area is 112 Å². The molecule has 2 N–H and O–H groups in total. The molecule has 0 atom stereocenters. The second-order valence-electron chi connectivity index (χ2n) is 4.63. The van der Waals surface area contributed by atoms with E-state index in [4.69, 9.17) is 28.9 Å². The van der Waals surface area contributed by atoms with E-state index in [-0.39, 0.29) is 0 Å². The standard InChI is InChI=1S/C12H17Cl2N3/c1-8-6-11(13)10(12(14)16-8)7-17-4-2-9(15)3-5-17/h6,9H,2-5,7,15H2,1H3. The van der Waals surface area contributed by atoms with Crippen LogP contribution in [0.15, 0.2) is 6.07 Å². The predicted octanol–water partition coefficient (Wildman–Crippen LogP) is 2.62. The molecule has 94 valence electrons. The molecule has 0 radical (unpaired) electrons. The van der Waals surface area contributed by atoms with Gasteiger partial charge in [0.1, 0.15) is 5.15 Å². The Bertz CT molecular complexity index is 378. The highest BCUT2D eigenvalue weighted by molar-refractivity contribution is 6.35. The molecule has 0 spiro atoms. The normalized spacial score (nSPS) is 18.6. The molecule has 0 amide bonds. The summed E-state index contributed by atoms with van der Waals surface area (Å²) in [4.78, 5) is 6.57. The van der Waals surface area contributed by atoms with E-state index in [1.54, 1.807) is 0 Å². The maximum atomic E-state index is 6.21. The first-order chi connectivity index (χ1) is 8.06. The number of aryl methyl sites for hydroxylation is 1. The van der Waals surface area contributed by atoms with E-state index in [0.29, 0.717) is 16.2 Å². The summed E-state index contributed by atoms with van der Waals surface area (Å²) in [5, 5.41) is 1.22. The summed E-state index contributed by atoms with van der Waals surface area (Å²) in [7, 11) is 0. The number of nitrogens with two attached hydrogens (primary N) is 1. The second-order valence-corrected chi connectivity index (χ2v) is 5.39. The number of hydrogen-bond acceptors (Lipinski definition) is 3. The molecule has 1 aliphatic rings. The Kier molecular flexibility index (Phi) is 4.26. The molecule has 0 unspecified atom stereocenters. The number of hydrogen-bond donors (Lipinski definition) is 1. The van der Waals surface area contributed by atoms with Gasteiger partial charge in [-0.2, -0.15) is 0 Å². The van der Waals surface area contributed by atoms with Gasteiger partial charge in [0.2, 0.25) is 0 Å². The topological polar surface area (TPSA) is 42.1 Å². The van der Waals surface area contributed by atoms with Crippen molar-refractivity contribution in [2.75, 3.05) is 13.1 Å². The van der Waals surface area contributed by atoms with Gasteiger partial charge in [0.05, 0.1) is 0 Å². The first-order valence-electron chi connectivity index (χ1n) is 5.85. The van der Waals surface area contributed by atoms with Crippen LogP contribution >= 0.6 is 23.2 Å². The van der Waals surface area contributed by atoms with Crippen molar-refractivity contribution in [3.8, 4) is 0 Å². The summed E-state index contributed by atoms with van der Waals surface area (Å²) in [6.07, 6.45) is 2.07. The maximum absolute atomic E-state index is 6.21. The van der Waals surface area contributed by atoms with Crippen LogP contribution in [0.1, 0.15) is 24.1 Å². The summed E-state index contributed by atoms with van der Waals surface area (Å²) in [6.45, 7) is 4.66. The number of piperidine rings is 1. The smallest absolute Gasteiger partial charge is 0.135 e. The average molecular weight is 274 g/mol. The van der Waals surface area contributed by atoms with Crippen LogP contribution in [-0.4, -0.2) is 29.0 Å². The third-order valence-electron chi connectivity index (χ3n) is 3.16. The molecule has 1 aliphatic heterocycles. The minimum atomic E-state index is 0.341. The lowest BCUT2D eigenvalue weighted by atomic mass is 10.1. The van der Waals surface area contributed by atoms with Crippen molar-refractivity contribution in [3.05, 3.63) is 27.5 Å². The van der Waals surface area contributed by atoms with Crippen LogP contribution in [0.25, 0.3) is 0 Å². The Hall–Kier alpha value is -0.350. The zero-order valence-electron chi connectivity index (χ0n) is 9.92. The van der Waals surface area contributed by atoms with Gasteiger partial charge in [0, 0.05) is 28.9 Å². The van der Waals surface area contributed by atoms with Crippen LogP contribution in [-0.2, 0) is 6.54 Å². The van der Waals surface area contributed by atoms with Gasteiger partial charge >= 0.3 is 0 Å². The Morgan fingerprint density at radius 3 is 2.65 bits per heavy atom. The van der Waals surface area contributed by atoms with Crippen LogP contribution in [0.4, 0.5) is 0 Å². The van der Waals surface area contributed by atoms with Crippen LogP contribution in [0, 0.1) is 6.92 Å². The van der Waals surface area contributed by atoms with E-state index in [0.717, 1.165) is 43.7 Å². The Morgan fingerprint density at radius 1 is 1.41 bits per heavy atom. The number of aromatic nitrogens is 1. The van der Waals surface area contributed by atoms with Crippen molar-refractivity contribution in [1.29, 1.82) is 0 Å². The van der Waals surface area contributed by atoms with Crippen LogP contribution in [0.2, 0.25) is 10.2 Å². The lowest BCUT2D eigenvalue weighted by Gasteiger charge is -2.30. The molecular formula is C12H17Cl2N3. The first kappa shape index (κ1) is 13.1. The van der Waals surface area contributed by atoms with Gasteiger partial charge in [-0.25, -0.2) is 4.98 Å². The molecule has 0 saturated carbocycles. The maximum Gasteiger partial charge on any atom is 0.135 e. The number of pyridine rings is 1. The predicted molar refractivity (Wildman–Crippen MR) is 71.5 cm³/mol. The van der Waals surface area contributed by atoms with Crippen LogP contribution < -0.4 is 5.73 Å². The third kappa shape index (κ3) is 3.32. The van der Waals surface area contributed by atoms with Crippen molar-refractivity contribution in [2.45, 2.75) is 32.4 Å². The number of nitrogens with zero attached hydrogens (tertiary/aromatic N) is 2. The van der Waals surface area contributed by atoms with Crippen molar-refractivity contribution in [2.24, 2.45) is 5.73 Å². The monoisotopic (exact) mass is 273 g/mol. The molecule has 0 aromatic carbocycles. The Balaban J connectivity index is 2.08. The van der Waals surface area contributed by atoms with Crippen molar-refractivity contribution < 1.29 is 0 Å². The van der Waals surface area contributed by atoms with Gasteiger partial charge in [-0.05, 0) is 38.9 Å². The van der Waals surface area contributed by atoms with E-state index in [9.17, 15) is 0 Å². The SMILES string of the molecule is Cc1cc(Cl)c(CN2CCC(N)CC2)c(Cl)n1. The van der Waals surface area contributed by atoms with E-state index in [1.165, 1.54) is 0 Å². The van der Waals surface area contributed by atoms with E-state index in [2.05, 4.69) is 9.88 Å². The van der Waals surface area contributed by atoms with E-state index < -0.39 is 0 Å². The fourth-order valence-corrected chi connectivity index (χ4v) is 2.75. The molecule has 1 saturated heterocycles. The van der Waals surface area contributed by atoms with Gasteiger partial charge < -0.3 is 5.73 Å². The van der Waals surface area contributed by atoms with Crippen molar-refractivity contribution in [1.82, 2.24) is 9.88 Å². The number of halogens is 2. The Morgan fingerprint density at radius 2 is 2.06 bits per heavy atom. The summed E-state index contributed by atoms with van der Waals surface area (Å²) < 4.78 is 0. The van der Waals surface area contributed by atoms with Crippen molar-refractivity contribution in [3.63, 3.8) is 0 Å². The highest BCUT2D eigenvalue weighted by Gasteiger charge is 2.18. The van der Waals surface area contributed by atoms with Crippen molar-refractivity contribution >= 4 is 23.2 Å². The summed E-state index contributed by atoms with van der Waals surface area (Å²) >= 11 is 12.3. The fourth-order valence-electron chi connectivity index (χ4n) is 2.10. The molecule has 5 heteroatoms. The van der Waals surface area contributed by atoms with Crippen LogP contribution in [0.3, 0.4) is 0 Å². The van der Waals surface area contributed by atoms with Gasteiger partial charge in [0.25, 0.3) is 0 Å². The van der Waals surface area contributed by atoms with E-state index >= 15 is 0 Å². The third-order valence-corrected chi connectivity index (χ3v) is 3.81.